The van der Waals surface area contributed by atoms with E-state index < -0.39 is 11.7 Å². The maximum absolute atomic E-state index is 11.6. The van der Waals surface area contributed by atoms with Gasteiger partial charge in [0.05, 0.1) is 5.69 Å². The zero-order valence-corrected chi connectivity index (χ0v) is 14.7. The molecule has 0 fully saturated rings. The third-order valence-corrected chi connectivity index (χ3v) is 3.57. The van der Waals surface area contributed by atoms with Gasteiger partial charge in [-0.05, 0) is 27.8 Å². The Morgan fingerprint density at radius 3 is 2.91 bits per heavy atom. The number of carbonyl (C=O) groups excluding carboxylic acids is 1. The Kier molecular flexibility index (Phi) is 5.41. The summed E-state index contributed by atoms with van der Waals surface area (Å²) in [7, 11) is 4.03. The zero-order valence-electron chi connectivity index (χ0n) is 14.7. The van der Waals surface area contributed by atoms with Crippen molar-refractivity contribution in [2.24, 2.45) is 0 Å². The average Bonchev–Trinajstić information content (AvgIpc) is 2.44. The number of anilines is 1. The molecule has 0 saturated heterocycles. The lowest BCUT2D eigenvalue weighted by atomic mass is 10.1. The van der Waals surface area contributed by atoms with Crippen molar-refractivity contribution in [3.05, 3.63) is 17.5 Å². The van der Waals surface area contributed by atoms with Crippen LogP contribution in [0.25, 0.3) is 0 Å². The summed E-state index contributed by atoms with van der Waals surface area (Å²) < 4.78 is 5.21. The number of ether oxygens (including phenoxy) is 1. The van der Waals surface area contributed by atoms with Crippen molar-refractivity contribution < 1.29 is 9.53 Å². The Balaban J connectivity index is 1.84. The van der Waals surface area contributed by atoms with Crippen LogP contribution in [0.2, 0.25) is 0 Å². The normalized spacial score (nSPS) is 15.0. The molecule has 0 spiro atoms. The second kappa shape index (κ2) is 7.12. The van der Waals surface area contributed by atoms with Crippen LogP contribution in [-0.2, 0) is 17.7 Å². The fraction of sp³-hybridized carbons (Fsp3) is 0.688. The number of amides is 1. The number of rotatable bonds is 4. The van der Waals surface area contributed by atoms with Crippen LogP contribution in [0.1, 0.15) is 32.0 Å². The highest BCUT2D eigenvalue weighted by atomic mass is 16.6. The van der Waals surface area contributed by atoms with Crippen molar-refractivity contribution in [3.8, 4) is 0 Å². The van der Waals surface area contributed by atoms with Crippen LogP contribution in [-0.4, -0.2) is 60.3 Å². The first-order chi connectivity index (χ1) is 10.7. The summed E-state index contributed by atoms with van der Waals surface area (Å²) in [5.74, 6) is 0.694. The van der Waals surface area contributed by atoms with Gasteiger partial charge in [-0.25, -0.2) is 14.8 Å². The molecule has 0 aliphatic carbocycles. The van der Waals surface area contributed by atoms with Gasteiger partial charge in [-0.2, -0.15) is 0 Å². The third-order valence-electron chi connectivity index (χ3n) is 3.57. The molecule has 1 aliphatic heterocycles. The lowest BCUT2D eigenvalue weighted by Gasteiger charge is -2.25. The van der Waals surface area contributed by atoms with Gasteiger partial charge in [-0.1, -0.05) is 0 Å². The second-order valence-corrected chi connectivity index (χ2v) is 6.98. The van der Waals surface area contributed by atoms with E-state index in [0.717, 1.165) is 25.2 Å². The summed E-state index contributed by atoms with van der Waals surface area (Å²) in [5.41, 5.74) is 1.84. The Hall–Kier alpha value is -1.89. The summed E-state index contributed by atoms with van der Waals surface area (Å²) in [6.45, 7) is 8.56. The highest BCUT2D eigenvalue weighted by molar-refractivity contribution is 5.67. The molecular weight excluding hydrogens is 294 g/mol. The quantitative estimate of drug-likeness (QED) is 0.904. The highest BCUT2D eigenvalue weighted by Crippen LogP contribution is 2.17. The van der Waals surface area contributed by atoms with Crippen LogP contribution in [0.5, 0.6) is 0 Å². The van der Waals surface area contributed by atoms with E-state index >= 15 is 0 Å². The predicted molar refractivity (Wildman–Crippen MR) is 89.6 cm³/mol. The van der Waals surface area contributed by atoms with Crippen molar-refractivity contribution >= 4 is 12.0 Å². The van der Waals surface area contributed by atoms with Gasteiger partial charge in [0.25, 0.3) is 0 Å². The van der Waals surface area contributed by atoms with Gasteiger partial charge in [0.2, 0.25) is 5.95 Å². The number of aromatic nitrogens is 2. The van der Waals surface area contributed by atoms with Crippen LogP contribution in [0.3, 0.4) is 0 Å². The largest absolute Gasteiger partial charge is 0.444 e. The SMILES string of the molecule is CN1CCc2nc(N(C)CCNC(=O)OC(C)(C)C)ncc2C1. The first-order valence-corrected chi connectivity index (χ1v) is 7.96. The van der Waals surface area contributed by atoms with Crippen molar-refractivity contribution in [3.63, 3.8) is 0 Å². The molecule has 7 heteroatoms. The molecule has 0 bridgehead atoms. The van der Waals surface area contributed by atoms with Gasteiger partial charge in [0.1, 0.15) is 5.60 Å². The smallest absolute Gasteiger partial charge is 0.407 e. The first kappa shape index (κ1) is 17.5. The number of hydrogen-bond acceptors (Lipinski definition) is 6. The topological polar surface area (TPSA) is 70.6 Å². The predicted octanol–water partition coefficient (Wildman–Crippen LogP) is 1.43. The van der Waals surface area contributed by atoms with E-state index in [4.69, 9.17) is 4.74 Å². The van der Waals surface area contributed by atoms with Crippen molar-refractivity contribution in [1.82, 2.24) is 20.2 Å². The molecule has 7 nitrogen and oxygen atoms in total. The number of nitrogens with zero attached hydrogens (tertiary/aromatic N) is 4. The molecule has 0 aromatic carbocycles. The number of carbonyl (C=O) groups is 1. The van der Waals surface area contributed by atoms with Crippen molar-refractivity contribution in [2.75, 3.05) is 38.6 Å². The van der Waals surface area contributed by atoms with E-state index in [0.29, 0.717) is 19.0 Å². The monoisotopic (exact) mass is 321 g/mol. The van der Waals surface area contributed by atoms with Gasteiger partial charge in [-0.3, -0.25) is 0 Å². The Bertz CT molecular complexity index is 556. The summed E-state index contributed by atoms with van der Waals surface area (Å²) in [6.07, 6.45) is 2.46. The van der Waals surface area contributed by atoms with Crippen molar-refractivity contribution in [2.45, 2.75) is 39.3 Å². The summed E-state index contributed by atoms with van der Waals surface area (Å²) in [5, 5.41) is 2.74. The fourth-order valence-electron chi connectivity index (χ4n) is 2.37. The molecule has 128 valence electrons. The Labute approximate surface area is 138 Å². The second-order valence-electron chi connectivity index (χ2n) is 6.98. The Morgan fingerprint density at radius 2 is 2.22 bits per heavy atom. The fourth-order valence-corrected chi connectivity index (χ4v) is 2.37. The molecule has 1 amide bonds. The molecule has 2 heterocycles. The molecule has 0 unspecified atom stereocenters. The van der Waals surface area contributed by atoms with E-state index in [9.17, 15) is 4.79 Å². The molecule has 2 rings (SSSR count). The summed E-state index contributed by atoms with van der Waals surface area (Å²) >= 11 is 0. The van der Waals surface area contributed by atoms with Gasteiger partial charge in [-0.15, -0.1) is 0 Å². The van der Waals surface area contributed by atoms with Crippen LogP contribution < -0.4 is 10.2 Å². The van der Waals surface area contributed by atoms with Crippen LogP contribution in [0.4, 0.5) is 10.7 Å². The standard InChI is InChI=1S/C16H27N5O2/c1-16(2,3)23-15(22)17-7-9-21(5)14-18-10-12-11-20(4)8-6-13(12)19-14/h10H,6-9,11H2,1-5H3,(H,17,22). The van der Waals surface area contributed by atoms with Gasteiger partial charge >= 0.3 is 6.09 Å². The van der Waals surface area contributed by atoms with E-state index in [2.05, 4.69) is 27.2 Å². The minimum absolute atomic E-state index is 0.403. The molecule has 0 atom stereocenters. The van der Waals surface area contributed by atoms with Crippen LogP contribution >= 0.6 is 0 Å². The molecule has 1 aliphatic rings. The van der Waals surface area contributed by atoms with E-state index in [1.165, 1.54) is 5.56 Å². The minimum Gasteiger partial charge on any atom is -0.444 e. The molecule has 0 radical (unpaired) electrons. The van der Waals surface area contributed by atoms with Crippen LogP contribution in [0, 0.1) is 0 Å². The number of fused-ring (bicyclic) bond motifs is 1. The van der Waals surface area contributed by atoms with E-state index in [1.54, 1.807) is 0 Å². The van der Waals surface area contributed by atoms with Gasteiger partial charge in [0, 0.05) is 51.4 Å². The molecule has 0 saturated carbocycles. The molecule has 1 aromatic rings. The minimum atomic E-state index is -0.481. The first-order valence-electron chi connectivity index (χ1n) is 7.96. The summed E-state index contributed by atoms with van der Waals surface area (Å²) in [4.78, 5) is 24.9. The lowest BCUT2D eigenvalue weighted by Crippen LogP contribution is -2.37. The molecule has 23 heavy (non-hydrogen) atoms. The summed E-state index contributed by atoms with van der Waals surface area (Å²) in [6, 6.07) is 0. The lowest BCUT2D eigenvalue weighted by molar-refractivity contribution is 0.0529. The van der Waals surface area contributed by atoms with E-state index in [-0.39, 0.29) is 0 Å². The van der Waals surface area contributed by atoms with Gasteiger partial charge in [0.15, 0.2) is 0 Å². The average molecular weight is 321 g/mol. The Morgan fingerprint density at radius 1 is 1.48 bits per heavy atom. The number of likely N-dealkylation sites (N-methyl/N-ethyl adjacent to an activating group) is 2. The van der Waals surface area contributed by atoms with Crippen LogP contribution in [0.15, 0.2) is 6.20 Å². The maximum atomic E-state index is 11.6. The number of alkyl carbamates (subject to hydrolysis) is 1. The highest BCUT2D eigenvalue weighted by Gasteiger charge is 2.18. The maximum Gasteiger partial charge on any atom is 0.407 e. The number of hydrogen-bond donors (Lipinski definition) is 1. The zero-order chi connectivity index (χ0) is 17.0. The molecule has 1 aromatic heterocycles. The van der Waals surface area contributed by atoms with E-state index in [1.807, 2.05) is 38.9 Å². The van der Waals surface area contributed by atoms with Crippen molar-refractivity contribution in [1.29, 1.82) is 0 Å². The molecular formula is C16H27N5O2. The molecule has 1 N–H and O–H groups in total. The van der Waals surface area contributed by atoms with Gasteiger partial charge < -0.3 is 19.9 Å². The number of nitrogens with one attached hydrogen (secondary N) is 1. The third kappa shape index (κ3) is 5.35.